The Morgan fingerprint density at radius 1 is 1.00 bits per heavy atom. The molecule has 45 heavy (non-hydrogen) atoms. The molecular weight excluding hydrogens is 582 g/mol. The van der Waals surface area contributed by atoms with Crippen molar-refractivity contribution >= 4 is 22.7 Å². The average Bonchev–Trinajstić information content (AvgIpc) is 3.84. The number of hydrogen-bond donors (Lipinski definition) is 0. The van der Waals surface area contributed by atoms with Crippen molar-refractivity contribution in [1.82, 2.24) is 24.0 Å². The fraction of sp³-hybridized carbons (Fsp3) is 0.781. The minimum absolute atomic E-state index is 0.0358. The van der Waals surface area contributed by atoms with Crippen LogP contribution < -0.4 is 10.4 Å². The fourth-order valence-corrected chi connectivity index (χ4v) is 8.90. The Labute approximate surface area is 262 Å². The van der Waals surface area contributed by atoms with Crippen molar-refractivity contribution in [2.24, 2.45) is 18.4 Å². The molecule has 0 radical (unpaired) electrons. The predicted molar refractivity (Wildman–Crippen MR) is 161 cm³/mol. The van der Waals surface area contributed by atoms with Gasteiger partial charge in [-0.1, -0.05) is 12.8 Å². The third kappa shape index (κ3) is 4.80. The molecule has 3 saturated heterocycles. The number of nitrogens with zero attached hydrogens (tertiary/aromatic N) is 5. The van der Waals surface area contributed by atoms with Gasteiger partial charge in [0.15, 0.2) is 22.7 Å². The van der Waals surface area contributed by atoms with E-state index in [0.29, 0.717) is 76.1 Å². The molecule has 246 valence electrons. The van der Waals surface area contributed by atoms with Gasteiger partial charge >= 0.3 is 5.69 Å². The molecular formula is C32H45N5O8. The maximum atomic E-state index is 14.5. The summed E-state index contributed by atoms with van der Waals surface area (Å²) < 4.78 is 33.4. The number of likely N-dealkylation sites (N-methyl/N-ethyl adjacent to an activating group) is 1. The van der Waals surface area contributed by atoms with Gasteiger partial charge in [0, 0.05) is 33.7 Å². The van der Waals surface area contributed by atoms with Gasteiger partial charge in [-0.2, -0.15) is 4.98 Å². The molecule has 0 amide bonds. The van der Waals surface area contributed by atoms with Gasteiger partial charge in [0.1, 0.15) is 6.10 Å². The summed E-state index contributed by atoms with van der Waals surface area (Å²) in [5, 5.41) is 0. The summed E-state index contributed by atoms with van der Waals surface area (Å²) in [6, 6.07) is -0.295. The first-order valence-corrected chi connectivity index (χ1v) is 16.5. The highest BCUT2D eigenvalue weighted by Gasteiger charge is 2.63. The van der Waals surface area contributed by atoms with E-state index in [4.69, 9.17) is 33.7 Å². The van der Waals surface area contributed by atoms with Crippen molar-refractivity contribution in [2.75, 3.05) is 47.1 Å². The number of aryl methyl sites for hydroxylation is 1. The van der Waals surface area contributed by atoms with Crippen LogP contribution in [0.2, 0.25) is 0 Å². The minimum atomic E-state index is -0.969. The van der Waals surface area contributed by atoms with Gasteiger partial charge < -0.3 is 23.7 Å². The number of imidazole rings is 1. The van der Waals surface area contributed by atoms with Gasteiger partial charge in [-0.25, -0.2) is 9.78 Å². The molecule has 2 aromatic rings. The summed E-state index contributed by atoms with van der Waals surface area (Å²) in [7, 11) is 5.39. The minimum Gasteiger partial charge on any atom is -0.471 e. The quantitative estimate of drug-likeness (QED) is 0.331. The van der Waals surface area contributed by atoms with E-state index < -0.39 is 22.9 Å². The predicted octanol–water partition coefficient (Wildman–Crippen LogP) is 2.43. The van der Waals surface area contributed by atoms with Gasteiger partial charge in [0.25, 0.3) is 0 Å². The van der Waals surface area contributed by atoms with E-state index >= 15 is 0 Å². The van der Waals surface area contributed by atoms with Crippen LogP contribution in [0, 0.1) is 11.3 Å². The highest BCUT2D eigenvalue weighted by molar-refractivity contribution is 6.11. The SMILES string of the molecule is CO[C@H]1CCN(C)[C@@H]1[C@H](C)Oc1nc(C(=O)C2CCC[C@@]3(CCCCC34OCCO4)C2=O)nc2c1n(C)c(=O)n2[C@@H]1CCOC1. The zero-order valence-corrected chi connectivity index (χ0v) is 26.8. The molecule has 1 unspecified atom stereocenters. The summed E-state index contributed by atoms with van der Waals surface area (Å²) in [5.41, 5.74) is -0.417. The molecule has 6 atom stereocenters. The van der Waals surface area contributed by atoms with Crippen LogP contribution in [0.5, 0.6) is 5.88 Å². The van der Waals surface area contributed by atoms with Crippen LogP contribution in [0.3, 0.4) is 0 Å². The highest BCUT2D eigenvalue weighted by Crippen LogP contribution is 2.56. The van der Waals surface area contributed by atoms with Crippen molar-refractivity contribution in [1.29, 1.82) is 0 Å². The normalized spacial score (nSPS) is 32.7. The molecule has 5 heterocycles. The smallest absolute Gasteiger partial charge is 0.330 e. The monoisotopic (exact) mass is 627 g/mol. The topological polar surface area (TPSA) is 136 Å². The van der Waals surface area contributed by atoms with Crippen LogP contribution in [0.25, 0.3) is 11.2 Å². The second-order valence-corrected chi connectivity index (χ2v) is 13.5. The first-order chi connectivity index (χ1) is 21.7. The molecule has 0 aromatic carbocycles. The number of fused-ring (bicyclic) bond motifs is 2. The Bertz CT molecular complexity index is 1520. The summed E-state index contributed by atoms with van der Waals surface area (Å²) in [6.45, 7) is 4.60. The number of carbonyl (C=O) groups is 2. The lowest BCUT2D eigenvalue weighted by atomic mass is 9.57. The van der Waals surface area contributed by atoms with E-state index in [9.17, 15) is 14.4 Å². The number of likely N-dealkylation sites (tertiary alicyclic amines) is 1. The number of Topliss-reactive ketones (excluding diaryl/α,β-unsaturated/α-hetero) is 2. The second kappa shape index (κ2) is 11.8. The summed E-state index contributed by atoms with van der Waals surface area (Å²) in [6.07, 6.45) is 5.93. The second-order valence-electron chi connectivity index (χ2n) is 13.5. The van der Waals surface area contributed by atoms with Crippen LogP contribution in [0.15, 0.2) is 4.79 Å². The van der Waals surface area contributed by atoms with Gasteiger partial charge in [0.05, 0.1) is 49.3 Å². The summed E-state index contributed by atoms with van der Waals surface area (Å²) >= 11 is 0. The Balaban J connectivity index is 1.30. The van der Waals surface area contributed by atoms with E-state index in [1.54, 1.807) is 18.7 Å². The molecule has 2 aromatic heterocycles. The zero-order chi connectivity index (χ0) is 31.5. The lowest BCUT2D eigenvalue weighted by Crippen LogP contribution is -2.60. The molecule has 0 N–H and O–H groups in total. The lowest BCUT2D eigenvalue weighted by Gasteiger charge is -2.51. The maximum Gasteiger partial charge on any atom is 0.330 e. The maximum absolute atomic E-state index is 14.5. The third-order valence-electron chi connectivity index (χ3n) is 11.2. The van der Waals surface area contributed by atoms with Crippen LogP contribution >= 0.6 is 0 Å². The van der Waals surface area contributed by atoms with E-state index in [1.165, 1.54) is 4.57 Å². The van der Waals surface area contributed by atoms with Gasteiger partial charge in [-0.3, -0.25) is 23.6 Å². The summed E-state index contributed by atoms with van der Waals surface area (Å²) in [4.78, 5) is 54.2. The largest absolute Gasteiger partial charge is 0.471 e. The molecule has 2 aliphatic carbocycles. The number of carbonyl (C=O) groups excluding carboxylic acids is 2. The highest BCUT2D eigenvalue weighted by atomic mass is 16.7. The van der Waals surface area contributed by atoms with Crippen molar-refractivity contribution in [2.45, 2.75) is 94.8 Å². The third-order valence-corrected chi connectivity index (χ3v) is 11.2. The Morgan fingerprint density at radius 3 is 2.49 bits per heavy atom. The van der Waals surface area contributed by atoms with Gasteiger partial charge in [-0.05, 0) is 52.5 Å². The molecule has 13 heteroatoms. The van der Waals surface area contributed by atoms with Crippen molar-refractivity contribution in [3.05, 3.63) is 16.3 Å². The van der Waals surface area contributed by atoms with Crippen molar-refractivity contribution in [3.8, 4) is 5.88 Å². The molecule has 2 spiro atoms. The lowest BCUT2D eigenvalue weighted by molar-refractivity contribution is -0.255. The Hall–Kier alpha value is -2.71. The Morgan fingerprint density at radius 2 is 1.76 bits per heavy atom. The summed E-state index contributed by atoms with van der Waals surface area (Å²) in [5.74, 6) is -2.44. The molecule has 13 nitrogen and oxygen atoms in total. The number of ketones is 2. The van der Waals surface area contributed by atoms with Crippen molar-refractivity contribution in [3.63, 3.8) is 0 Å². The molecule has 7 rings (SSSR count). The zero-order valence-electron chi connectivity index (χ0n) is 26.8. The van der Waals surface area contributed by atoms with Crippen LogP contribution in [0.4, 0.5) is 0 Å². The van der Waals surface area contributed by atoms with Gasteiger partial charge in [-0.15, -0.1) is 0 Å². The van der Waals surface area contributed by atoms with E-state index in [2.05, 4.69) is 4.90 Å². The molecule has 3 aliphatic heterocycles. The van der Waals surface area contributed by atoms with Crippen molar-refractivity contribution < 1.29 is 33.3 Å². The number of hydrogen-bond acceptors (Lipinski definition) is 11. The first kappa shape index (κ1) is 30.9. The molecule has 2 saturated carbocycles. The van der Waals surface area contributed by atoms with E-state index in [1.807, 2.05) is 14.0 Å². The number of aromatic nitrogens is 4. The van der Waals surface area contributed by atoms with Crippen LogP contribution in [0.1, 0.15) is 81.4 Å². The number of methoxy groups -OCH3 is 1. The fourth-order valence-electron chi connectivity index (χ4n) is 8.90. The average molecular weight is 628 g/mol. The first-order valence-electron chi connectivity index (χ1n) is 16.5. The van der Waals surface area contributed by atoms with Crippen LogP contribution in [-0.4, -0.2) is 107 Å². The standard InChI is InChI=1S/C32H45N5O8/c1-19(23-22(41-4)9-14-35(23)2)45-29-24-28(37(30(40)36(24)3)20-10-15-42-18-20)33-27(34-29)25(38)21-8-7-12-31(26(21)39)11-5-6-13-32(31)43-16-17-44-32/h19-23H,5-18H2,1-4H3/t19-,20+,21?,22-,23+,31-/m0/s1. The van der Waals surface area contributed by atoms with Crippen LogP contribution in [-0.2, 0) is 30.8 Å². The molecule has 0 bridgehead atoms. The van der Waals surface area contributed by atoms with Gasteiger partial charge in [0.2, 0.25) is 17.5 Å². The number of rotatable bonds is 7. The van der Waals surface area contributed by atoms with E-state index in [0.717, 1.165) is 25.8 Å². The number of ether oxygens (including phenoxy) is 5. The molecule has 5 aliphatic rings. The Kier molecular flexibility index (Phi) is 8.12. The molecule has 5 fully saturated rings. The van der Waals surface area contributed by atoms with E-state index in [-0.39, 0.29) is 47.5 Å².